The fourth-order valence-electron chi connectivity index (χ4n) is 2.26. The molecule has 0 radical (unpaired) electrons. The van der Waals surface area contributed by atoms with Gasteiger partial charge in [0.1, 0.15) is 0 Å². The van der Waals surface area contributed by atoms with Crippen LogP contribution in [0.25, 0.3) is 0 Å². The topological polar surface area (TPSA) is 89.4 Å². The van der Waals surface area contributed by atoms with Crippen LogP contribution in [0.3, 0.4) is 0 Å². The maximum atomic E-state index is 12.5. The number of amides is 2. The van der Waals surface area contributed by atoms with E-state index in [1.54, 1.807) is 6.07 Å². The fourth-order valence-corrected chi connectivity index (χ4v) is 2.93. The van der Waals surface area contributed by atoms with Gasteiger partial charge in [-0.2, -0.15) is 0 Å². The molecule has 0 fully saturated rings. The summed E-state index contributed by atoms with van der Waals surface area (Å²) in [5, 5.41) is 0.255. The van der Waals surface area contributed by atoms with Gasteiger partial charge in [0.25, 0.3) is 11.8 Å². The summed E-state index contributed by atoms with van der Waals surface area (Å²) in [6.07, 6.45) is 0. The van der Waals surface area contributed by atoms with Crippen LogP contribution in [0.1, 0.15) is 20.7 Å². The molecule has 0 aliphatic carbocycles. The smallest absolute Gasteiger partial charge is 0.266 e. The van der Waals surface area contributed by atoms with Crippen LogP contribution in [0.2, 0.25) is 10.0 Å². The normalized spacial score (nSPS) is 13.7. The van der Waals surface area contributed by atoms with E-state index in [-0.39, 0.29) is 26.9 Å². The Morgan fingerprint density at radius 1 is 0.810 bits per heavy atom. The summed E-state index contributed by atoms with van der Waals surface area (Å²) in [5.74, 6) is -1.01. The maximum absolute atomic E-state index is 12.5. The predicted molar refractivity (Wildman–Crippen MR) is 82.9 cm³/mol. The SMILES string of the molecule is Nc1cc(Cl)c(N2C(=O)c3ccc(N)cc3C2=O)c(Cl)c1. The van der Waals surface area contributed by atoms with Crippen LogP contribution in [-0.4, -0.2) is 11.8 Å². The third kappa shape index (κ3) is 2.02. The van der Waals surface area contributed by atoms with Crippen molar-refractivity contribution in [1.29, 1.82) is 0 Å². The molecule has 21 heavy (non-hydrogen) atoms. The number of hydrogen-bond acceptors (Lipinski definition) is 4. The standard InChI is InChI=1S/C14H9Cl2N3O2/c15-10-4-7(18)5-11(16)12(10)19-13(20)8-2-1-6(17)3-9(8)14(19)21/h1-5H,17-18H2. The molecule has 0 spiro atoms. The highest BCUT2D eigenvalue weighted by atomic mass is 35.5. The molecule has 0 saturated heterocycles. The second-order valence-corrected chi connectivity index (χ2v) is 5.40. The lowest BCUT2D eigenvalue weighted by atomic mass is 10.1. The van der Waals surface area contributed by atoms with Crippen LogP contribution in [0.4, 0.5) is 17.1 Å². The van der Waals surface area contributed by atoms with Gasteiger partial charge in [0.05, 0.1) is 26.9 Å². The number of imide groups is 1. The Hall–Kier alpha value is -2.24. The summed E-state index contributed by atoms with van der Waals surface area (Å²) < 4.78 is 0. The van der Waals surface area contributed by atoms with Crippen molar-refractivity contribution in [2.24, 2.45) is 0 Å². The fraction of sp³-hybridized carbons (Fsp3) is 0. The van der Waals surface area contributed by atoms with Crippen molar-refractivity contribution in [3.05, 3.63) is 51.5 Å². The Morgan fingerprint density at radius 3 is 2.00 bits per heavy atom. The molecule has 1 aliphatic rings. The minimum atomic E-state index is -0.518. The van der Waals surface area contributed by atoms with Gasteiger partial charge in [-0.25, -0.2) is 4.90 Å². The molecular weight excluding hydrogens is 313 g/mol. The van der Waals surface area contributed by atoms with Gasteiger partial charge in [-0.15, -0.1) is 0 Å². The number of hydrogen-bond donors (Lipinski definition) is 2. The van der Waals surface area contributed by atoms with Crippen LogP contribution in [0, 0.1) is 0 Å². The summed E-state index contributed by atoms with van der Waals surface area (Å²) in [7, 11) is 0. The van der Waals surface area contributed by atoms with E-state index < -0.39 is 11.8 Å². The average Bonchev–Trinajstić information content (AvgIpc) is 2.62. The summed E-state index contributed by atoms with van der Waals surface area (Å²) in [5.41, 5.74) is 12.6. The number of anilines is 3. The van der Waals surface area contributed by atoms with Crippen LogP contribution in [0.5, 0.6) is 0 Å². The lowest BCUT2D eigenvalue weighted by molar-refractivity contribution is 0.0926. The number of carbonyl (C=O) groups is 2. The number of nitrogen functional groups attached to an aromatic ring is 2. The molecule has 0 saturated carbocycles. The minimum absolute atomic E-state index is 0.123. The number of nitrogens with zero attached hydrogens (tertiary/aromatic N) is 1. The van der Waals surface area contributed by atoms with Gasteiger partial charge < -0.3 is 11.5 Å². The molecule has 106 valence electrons. The molecule has 2 aromatic carbocycles. The average molecular weight is 322 g/mol. The first-order chi connectivity index (χ1) is 9.90. The number of carbonyl (C=O) groups excluding carboxylic acids is 2. The monoisotopic (exact) mass is 321 g/mol. The number of halogens is 2. The van der Waals surface area contributed by atoms with Crippen LogP contribution >= 0.6 is 23.2 Å². The Bertz CT molecular complexity index is 782. The van der Waals surface area contributed by atoms with E-state index in [2.05, 4.69) is 0 Å². The minimum Gasteiger partial charge on any atom is -0.399 e. The highest BCUT2D eigenvalue weighted by molar-refractivity contribution is 6.45. The maximum Gasteiger partial charge on any atom is 0.266 e. The second-order valence-electron chi connectivity index (χ2n) is 4.58. The van der Waals surface area contributed by atoms with Crippen molar-refractivity contribution in [1.82, 2.24) is 0 Å². The first-order valence-electron chi connectivity index (χ1n) is 5.93. The van der Waals surface area contributed by atoms with E-state index in [0.29, 0.717) is 11.4 Å². The van der Waals surface area contributed by atoms with Crippen LogP contribution < -0.4 is 16.4 Å². The molecule has 1 heterocycles. The molecule has 2 amide bonds. The lowest BCUT2D eigenvalue weighted by Gasteiger charge is -2.17. The summed E-state index contributed by atoms with van der Waals surface area (Å²) in [4.78, 5) is 25.8. The Morgan fingerprint density at radius 2 is 1.38 bits per heavy atom. The van der Waals surface area contributed by atoms with Gasteiger partial charge in [-0.3, -0.25) is 9.59 Å². The third-order valence-corrected chi connectivity index (χ3v) is 3.75. The highest BCUT2D eigenvalue weighted by Crippen LogP contribution is 2.40. The van der Waals surface area contributed by atoms with Crippen LogP contribution in [-0.2, 0) is 0 Å². The van der Waals surface area contributed by atoms with E-state index in [1.807, 2.05) is 0 Å². The van der Waals surface area contributed by atoms with E-state index in [4.69, 9.17) is 34.7 Å². The predicted octanol–water partition coefficient (Wildman–Crippen LogP) is 2.96. The number of benzene rings is 2. The quantitative estimate of drug-likeness (QED) is 0.624. The summed E-state index contributed by atoms with van der Waals surface area (Å²) in [6, 6.07) is 7.37. The number of nitrogens with two attached hydrogens (primary N) is 2. The molecule has 2 aromatic rings. The van der Waals surface area contributed by atoms with Gasteiger partial charge in [0.15, 0.2) is 0 Å². The number of rotatable bonds is 1. The van der Waals surface area contributed by atoms with E-state index >= 15 is 0 Å². The molecule has 7 heteroatoms. The zero-order valence-corrected chi connectivity index (χ0v) is 12.1. The zero-order chi connectivity index (χ0) is 15.3. The van der Waals surface area contributed by atoms with Gasteiger partial charge in [0.2, 0.25) is 0 Å². The van der Waals surface area contributed by atoms with E-state index in [9.17, 15) is 9.59 Å². The Kier molecular flexibility index (Phi) is 3.04. The third-order valence-electron chi connectivity index (χ3n) is 3.17. The van der Waals surface area contributed by atoms with Crippen molar-refractivity contribution < 1.29 is 9.59 Å². The molecule has 3 rings (SSSR count). The first-order valence-corrected chi connectivity index (χ1v) is 6.68. The van der Waals surface area contributed by atoms with E-state index in [0.717, 1.165) is 4.90 Å². The van der Waals surface area contributed by atoms with Crippen molar-refractivity contribution in [3.8, 4) is 0 Å². The van der Waals surface area contributed by atoms with Crippen LogP contribution in [0.15, 0.2) is 30.3 Å². The van der Waals surface area contributed by atoms with Gasteiger partial charge >= 0.3 is 0 Å². The molecule has 1 aliphatic heterocycles. The molecule has 5 nitrogen and oxygen atoms in total. The van der Waals surface area contributed by atoms with Crippen molar-refractivity contribution >= 4 is 52.1 Å². The van der Waals surface area contributed by atoms with Gasteiger partial charge in [-0.1, -0.05) is 23.2 Å². The first kappa shape index (κ1) is 13.7. The Balaban J connectivity index is 2.19. The van der Waals surface area contributed by atoms with Crippen molar-refractivity contribution in [2.45, 2.75) is 0 Å². The van der Waals surface area contributed by atoms with Gasteiger partial charge in [0, 0.05) is 11.4 Å². The molecule has 0 bridgehead atoms. The number of fused-ring (bicyclic) bond motifs is 1. The van der Waals surface area contributed by atoms with Crippen molar-refractivity contribution in [3.63, 3.8) is 0 Å². The molecule has 0 atom stereocenters. The highest BCUT2D eigenvalue weighted by Gasteiger charge is 2.38. The molecule has 4 N–H and O–H groups in total. The second kappa shape index (κ2) is 4.65. The summed E-state index contributed by atoms with van der Waals surface area (Å²) >= 11 is 12.2. The Labute approximate surface area is 130 Å². The molecular formula is C14H9Cl2N3O2. The van der Waals surface area contributed by atoms with Crippen molar-refractivity contribution in [2.75, 3.05) is 16.4 Å². The largest absolute Gasteiger partial charge is 0.399 e. The zero-order valence-electron chi connectivity index (χ0n) is 10.6. The molecule has 0 unspecified atom stereocenters. The lowest BCUT2D eigenvalue weighted by Crippen LogP contribution is -2.30. The van der Waals surface area contributed by atoms with Gasteiger partial charge in [-0.05, 0) is 30.3 Å². The summed E-state index contributed by atoms with van der Waals surface area (Å²) in [6.45, 7) is 0. The van der Waals surface area contributed by atoms with E-state index in [1.165, 1.54) is 24.3 Å². The molecule has 0 aromatic heterocycles.